The van der Waals surface area contributed by atoms with Crippen molar-refractivity contribution in [2.24, 2.45) is 17.3 Å². The highest BCUT2D eigenvalue weighted by Gasteiger charge is 2.53. The molecule has 0 saturated heterocycles. The van der Waals surface area contributed by atoms with Crippen LogP contribution in [0.2, 0.25) is 0 Å². The van der Waals surface area contributed by atoms with Crippen molar-refractivity contribution in [2.45, 2.75) is 45.6 Å². The summed E-state index contributed by atoms with van der Waals surface area (Å²) in [5, 5.41) is 3.59. The van der Waals surface area contributed by atoms with E-state index in [1.54, 1.807) is 6.07 Å². The topological polar surface area (TPSA) is 12.0 Å². The van der Waals surface area contributed by atoms with Crippen LogP contribution in [-0.2, 0) is 6.42 Å². The molecule has 1 nitrogen and oxygen atoms in total. The first kappa shape index (κ1) is 14.5. The summed E-state index contributed by atoms with van der Waals surface area (Å²) in [4.78, 5) is 0. The highest BCUT2D eigenvalue weighted by Crippen LogP contribution is 2.60. The van der Waals surface area contributed by atoms with Crippen molar-refractivity contribution in [2.75, 3.05) is 6.54 Å². The van der Waals surface area contributed by atoms with Gasteiger partial charge < -0.3 is 5.32 Å². The van der Waals surface area contributed by atoms with Crippen LogP contribution >= 0.6 is 15.9 Å². The zero-order valence-corrected chi connectivity index (χ0v) is 13.8. The predicted octanol–water partition coefficient (Wildman–Crippen LogP) is 4.55. The molecule has 2 aliphatic rings. The van der Waals surface area contributed by atoms with E-state index < -0.39 is 0 Å². The summed E-state index contributed by atoms with van der Waals surface area (Å²) in [6.07, 6.45) is 4.82. The Labute approximate surface area is 129 Å². The lowest BCUT2D eigenvalue weighted by Crippen LogP contribution is -2.38. The van der Waals surface area contributed by atoms with Crippen LogP contribution in [-0.4, -0.2) is 12.6 Å². The van der Waals surface area contributed by atoms with E-state index in [2.05, 4.69) is 35.1 Å². The second-order valence-electron chi connectivity index (χ2n) is 7.11. The van der Waals surface area contributed by atoms with E-state index in [0.29, 0.717) is 6.04 Å². The quantitative estimate of drug-likeness (QED) is 0.829. The minimum atomic E-state index is -0.0659. The van der Waals surface area contributed by atoms with E-state index in [1.807, 2.05) is 12.1 Å². The molecule has 2 aliphatic carbocycles. The number of hydrogen-bond donors (Lipinski definition) is 1. The maximum Gasteiger partial charge on any atom is 0.127 e. The van der Waals surface area contributed by atoms with Crippen LogP contribution in [0.4, 0.5) is 4.39 Å². The average molecular weight is 340 g/mol. The molecule has 0 aliphatic heterocycles. The van der Waals surface area contributed by atoms with Gasteiger partial charge in [-0.05, 0) is 60.6 Å². The van der Waals surface area contributed by atoms with Gasteiger partial charge in [-0.1, -0.05) is 35.8 Å². The molecule has 2 fully saturated rings. The van der Waals surface area contributed by atoms with Gasteiger partial charge in [0, 0.05) is 17.1 Å². The predicted molar refractivity (Wildman–Crippen MR) is 84.2 cm³/mol. The largest absolute Gasteiger partial charge is 0.314 e. The lowest BCUT2D eigenvalue weighted by molar-refractivity contribution is 0.239. The summed E-state index contributed by atoms with van der Waals surface area (Å²) in [6, 6.07) is 5.99. The number of hydrogen-bond acceptors (Lipinski definition) is 1. The van der Waals surface area contributed by atoms with Crippen LogP contribution in [0, 0.1) is 23.1 Å². The van der Waals surface area contributed by atoms with Gasteiger partial charge in [0.2, 0.25) is 0 Å². The average Bonchev–Trinajstić information content (AvgIpc) is 2.99. The molecular formula is C17H23BrFN. The van der Waals surface area contributed by atoms with Crippen LogP contribution in [0.5, 0.6) is 0 Å². The zero-order chi connectivity index (χ0) is 14.3. The molecule has 1 N–H and O–H groups in total. The van der Waals surface area contributed by atoms with Gasteiger partial charge in [-0.3, -0.25) is 0 Å². The zero-order valence-electron chi connectivity index (χ0n) is 12.3. The number of rotatable bonds is 5. The van der Waals surface area contributed by atoms with Crippen molar-refractivity contribution in [3.05, 3.63) is 34.1 Å². The molecule has 0 amide bonds. The Bertz CT molecular complexity index is 490. The molecule has 0 radical (unpaired) electrons. The number of benzene rings is 1. The Morgan fingerprint density at radius 1 is 1.35 bits per heavy atom. The molecule has 110 valence electrons. The number of fused-ring (bicyclic) bond motifs is 1. The van der Waals surface area contributed by atoms with Gasteiger partial charge in [0.1, 0.15) is 5.82 Å². The van der Waals surface area contributed by atoms with Crippen molar-refractivity contribution in [3.8, 4) is 0 Å². The minimum Gasteiger partial charge on any atom is -0.314 e. The summed E-state index contributed by atoms with van der Waals surface area (Å²) in [5.74, 6) is 1.77. The van der Waals surface area contributed by atoms with E-state index in [1.165, 1.54) is 19.3 Å². The number of nitrogens with one attached hydrogen (secondary N) is 1. The number of halogens is 2. The van der Waals surface area contributed by atoms with E-state index in [9.17, 15) is 4.39 Å². The van der Waals surface area contributed by atoms with Crippen LogP contribution < -0.4 is 5.32 Å². The van der Waals surface area contributed by atoms with Crippen molar-refractivity contribution < 1.29 is 4.39 Å². The standard InChI is InChI=1S/C17H23BrFN/c1-11(2)20-10-17(8-13-5-14(13)9-17)7-12-3-4-15(18)6-16(12)19/h3-4,6,11,13-14,20H,5,7-10H2,1-2H3. The Morgan fingerprint density at radius 2 is 2.05 bits per heavy atom. The maximum absolute atomic E-state index is 14.1. The molecule has 0 bridgehead atoms. The molecule has 1 aromatic carbocycles. The third-order valence-electron chi connectivity index (χ3n) is 4.93. The highest BCUT2D eigenvalue weighted by molar-refractivity contribution is 9.10. The van der Waals surface area contributed by atoms with Crippen LogP contribution in [0.3, 0.4) is 0 Å². The normalized spacial score (nSPS) is 31.6. The van der Waals surface area contributed by atoms with Crippen LogP contribution in [0.25, 0.3) is 0 Å². The van der Waals surface area contributed by atoms with Crippen molar-refractivity contribution in [3.63, 3.8) is 0 Å². The summed E-state index contributed by atoms with van der Waals surface area (Å²) >= 11 is 3.34. The third-order valence-corrected chi connectivity index (χ3v) is 5.42. The molecule has 3 rings (SSSR count). The molecule has 0 heterocycles. The molecule has 0 aromatic heterocycles. The molecule has 2 saturated carbocycles. The fourth-order valence-corrected chi connectivity index (χ4v) is 4.18. The first-order valence-electron chi connectivity index (χ1n) is 7.65. The van der Waals surface area contributed by atoms with Gasteiger partial charge in [0.25, 0.3) is 0 Å². The Balaban J connectivity index is 1.76. The third kappa shape index (κ3) is 3.09. The van der Waals surface area contributed by atoms with Gasteiger partial charge in [-0.2, -0.15) is 0 Å². The van der Waals surface area contributed by atoms with E-state index in [-0.39, 0.29) is 11.2 Å². The van der Waals surface area contributed by atoms with Crippen molar-refractivity contribution in [1.29, 1.82) is 0 Å². The molecular weight excluding hydrogens is 317 g/mol. The molecule has 2 unspecified atom stereocenters. The smallest absolute Gasteiger partial charge is 0.127 e. The summed E-state index contributed by atoms with van der Waals surface area (Å²) in [6.45, 7) is 5.39. The van der Waals surface area contributed by atoms with E-state index in [4.69, 9.17) is 0 Å². The van der Waals surface area contributed by atoms with Crippen LogP contribution in [0.15, 0.2) is 22.7 Å². The van der Waals surface area contributed by atoms with Gasteiger partial charge in [-0.25, -0.2) is 4.39 Å². The molecule has 3 heteroatoms. The van der Waals surface area contributed by atoms with Gasteiger partial charge in [0.05, 0.1) is 0 Å². The minimum absolute atomic E-state index is 0.0659. The Hall–Kier alpha value is -0.410. The Morgan fingerprint density at radius 3 is 2.65 bits per heavy atom. The highest BCUT2D eigenvalue weighted by atomic mass is 79.9. The van der Waals surface area contributed by atoms with E-state index >= 15 is 0 Å². The molecule has 2 atom stereocenters. The summed E-state index contributed by atoms with van der Waals surface area (Å²) in [7, 11) is 0. The van der Waals surface area contributed by atoms with Crippen LogP contribution in [0.1, 0.15) is 38.7 Å². The van der Waals surface area contributed by atoms with Crippen molar-refractivity contribution in [1.82, 2.24) is 5.32 Å². The summed E-state index contributed by atoms with van der Waals surface area (Å²) < 4.78 is 15.0. The Kier molecular flexibility index (Phi) is 3.93. The second-order valence-corrected chi connectivity index (χ2v) is 8.03. The fourth-order valence-electron chi connectivity index (χ4n) is 3.85. The van der Waals surface area contributed by atoms with Gasteiger partial charge in [-0.15, -0.1) is 0 Å². The second kappa shape index (κ2) is 5.42. The maximum atomic E-state index is 14.1. The lowest BCUT2D eigenvalue weighted by atomic mass is 9.77. The molecule has 0 spiro atoms. The van der Waals surface area contributed by atoms with Crippen molar-refractivity contribution >= 4 is 15.9 Å². The first-order chi connectivity index (χ1) is 9.47. The van der Waals surface area contributed by atoms with E-state index in [0.717, 1.165) is 34.8 Å². The SMILES string of the molecule is CC(C)NCC1(Cc2ccc(Br)cc2F)CC2CC2C1. The first-order valence-corrected chi connectivity index (χ1v) is 8.44. The van der Waals surface area contributed by atoms with Gasteiger partial charge >= 0.3 is 0 Å². The lowest BCUT2D eigenvalue weighted by Gasteiger charge is -2.32. The monoisotopic (exact) mass is 339 g/mol. The molecule has 20 heavy (non-hydrogen) atoms. The summed E-state index contributed by atoms with van der Waals surface area (Å²) in [5.41, 5.74) is 1.15. The molecule has 1 aromatic rings. The fraction of sp³-hybridized carbons (Fsp3) is 0.647. The van der Waals surface area contributed by atoms with Gasteiger partial charge in [0.15, 0.2) is 0 Å².